The largest absolute Gasteiger partial charge is 0.464 e. The summed E-state index contributed by atoms with van der Waals surface area (Å²) in [5, 5.41) is 11.3. The van der Waals surface area contributed by atoms with Crippen molar-refractivity contribution in [1.29, 1.82) is 0 Å². The van der Waals surface area contributed by atoms with Crippen LogP contribution in [0, 0.1) is 16.0 Å². The summed E-state index contributed by atoms with van der Waals surface area (Å²) in [6.45, 7) is 3.81. The van der Waals surface area contributed by atoms with Gasteiger partial charge in [0, 0.05) is 41.0 Å². The molecule has 2 atom stereocenters. The third-order valence-electron chi connectivity index (χ3n) is 4.79. The number of aliphatic imine (C=N–C) groups is 1. The van der Waals surface area contributed by atoms with E-state index in [4.69, 9.17) is 9.47 Å². The quantitative estimate of drug-likeness (QED) is 0.221. The van der Waals surface area contributed by atoms with Crippen LogP contribution in [0.1, 0.15) is 25.3 Å². The molecule has 8 nitrogen and oxygen atoms in total. The lowest BCUT2D eigenvalue weighted by Crippen LogP contribution is -2.37. The minimum absolute atomic E-state index is 0.125. The van der Waals surface area contributed by atoms with Crippen molar-refractivity contribution < 1.29 is 24.0 Å². The zero-order valence-corrected chi connectivity index (χ0v) is 19.6. The summed E-state index contributed by atoms with van der Waals surface area (Å²) < 4.78 is 10.8. The number of nitrogens with zero attached hydrogens (tertiary/aromatic N) is 2. The monoisotopic (exact) mass is 466 g/mol. The lowest BCUT2D eigenvalue weighted by molar-refractivity contribution is -0.384. The van der Waals surface area contributed by atoms with E-state index >= 15 is 0 Å². The summed E-state index contributed by atoms with van der Waals surface area (Å²) in [5.74, 6) is -1.51. The summed E-state index contributed by atoms with van der Waals surface area (Å²) in [4.78, 5) is 41.2. The van der Waals surface area contributed by atoms with Crippen LogP contribution in [0.5, 0.6) is 0 Å². The van der Waals surface area contributed by atoms with E-state index in [9.17, 15) is 19.7 Å². The zero-order chi connectivity index (χ0) is 23.0. The van der Waals surface area contributed by atoms with E-state index in [0.717, 1.165) is 0 Å². The van der Waals surface area contributed by atoms with Gasteiger partial charge in [0.15, 0.2) is 0 Å². The third-order valence-corrected chi connectivity index (χ3v) is 5.94. The number of esters is 2. The summed E-state index contributed by atoms with van der Waals surface area (Å²) in [7, 11) is 0. The Morgan fingerprint density at radius 3 is 2.39 bits per heavy atom. The molecule has 0 amide bonds. The Morgan fingerprint density at radius 2 is 1.77 bits per heavy atom. The number of ether oxygens (including phenoxy) is 2. The molecule has 0 fully saturated rings. The molecular formula is C21H26N2O6S2. The minimum atomic E-state index is -0.879. The van der Waals surface area contributed by atoms with Crippen LogP contribution in [0.2, 0.25) is 0 Å². The number of nitro benzene ring substituents is 1. The molecule has 0 aliphatic carbocycles. The average molecular weight is 467 g/mol. The summed E-state index contributed by atoms with van der Waals surface area (Å²) >= 11 is 3.08. The Bertz CT molecular complexity index is 900. The van der Waals surface area contributed by atoms with Crippen molar-refractivity contribution in [2.45, 2.75) is 19.8 Å². The van der Waals surface area contributed by atoms with Gasteiger partial charge in [0.1, 0.15) is 19.1 Å². The Morgan fingerprint density at radius 1 is 1.13 bits per heavy atom. The van der Waals surface area contributed by atoms with Crippen molar-refractivity contribution in [3.63, 3.8) is 0 Å². The SMILES string of the molecule is CSCCOC(=O)C1=C(C)N=C(C)C(C(=O)OCCSC)[C@@H]1c1cccc([N+](=O)[O-])c1. The highest BCUT2D eigenvalue weighted by Crippen LogP contribution is 2.41. The Balaban J connectivity index is 2.53. The first-order valence-corrected chi connectivity index (χ1v) is 12.4. The topological polar surface area (TPSA) is 108 Å². The molecule has 0 saturated carbocycles. The van der Waals surface area contributed by atoms with Crippen molar-refractivity contribution >= 4 is 46.9 Å². The second kappa shape index (κ2) is 11.9. The number of rotatable bonds is 10. The zero-order valence-electron chi connectivity index (χ0n) is 18.0. The smallest absolute Gasteiger partial charge is 0.336 e. The first-order valence-electron chi connectivity index (χ1n) is 9.63. The number of allylic oxidation sites excluding steroid dienone is 1. The normalized spacial score (nSPS) is 18.4. The predicted molar refractivity (Wildman–Crippen MR) is 124 cm³/mol. The molecule has 1 aliphatic heterocycles. The molecule has 1 aliphatic rings. The van der Waals surface area contributed by atoms with Crippen LogP contribution in [0.25, 0.3) is 0 Å². The van der Waals surface area contributed by atoms with Gasteiger partial charge in [-0.3, -0.25) is 19.9 Å². The molecule has 2 rings (SSSR count). The van der Waals surface area contributed by atoms with Gasteiger partial charge in [-0.25, -0.2) is 4.79 Å². The van der Waals surface area contributed by atoms with E-state index in [2.05, 4.69) is 4.99 Å². The van der Waals surface area contributed by atoms with E-state index in [-0.39, 0.29) is 24.5 Å². The lowest BCUT2D eigenvalue weighted by atomic mass is 9.75. The number of non-ortho nitro benzene ring substituents is 1. The Labute approximate surface area is 190 Å². The second-order valence-electron chi connectivity index (χ2n) is 6.85. The highest BCUT2D eigenvalue weighted by atomic mass is 32.2. The van der Waals surface area contributed by atoms with E-state index < -0.39 is 28.7 Å². The van der Waals surface area contributed by atoms with Gasteiger partial charge in [0.25, 0.3) is 5.69 Å². The van der Waals surface area contributed by atoms with E-state index in [1.54, 1.807) is 31.7 Å². The molecule has 0 bridgehead atoms. The molecule has 1 heterocycles. The van der Waals surface area contributed by atoms with Gasteiger partial charge in [0.2, 0.25) is 0 Å². The van der Waals surface area contributed by atoms with Gasteiger partial charge in [-0.15, -0.1) is 0 Å². The van der Waals surface area contributed by atoms with Gasteiger partial charge in [-0.2, -0.15) is 23.5 Å². The standard InChI is InChI=1S/C21H26N2O6S2/c1-13-17(20(24)28-8-10-30-3)19(15-6-5-7-16(12-15)23(26)27)18(14(2)22-13)21(25)29-9-11-31-4/h5-7,12,17,19H,8-11H2,1-4H3/t17?,19-/m0/s1. The highest BCUT2D eigenvalue weighted by Gasteiger charge is 2.42. The number of carbonyl (C=O) groups excluding carboxylic acids is 2. The number of benzene rings is 1. The third kappa shape index (κ3) is 6.33. The Hall–Kier alpha value is -2.33. The highest BCUT2D eigenvalue weighted by molar-refractivity contribution is 7.98. The molecule has 0 aromatic heterocycles. The van der Waals surface area contributed by atoms with Crippen molar-refractivity contribution in [3.8, 4) is 0 Å². The van der Waals surface area contributed by atoms with Crippen LogP contribution >= 0.6 is 23.5 Å². The molecule has 1 aromatic rings. The number of thioether (sulfide) groups is 2. The van der Waals surface area contributed by atoms with E-state index in [1.807, 2.05) is 12.5 Å². The predicted octanol–water partition coefficient (Wildman–Crippen LogP) is 3.86. The molecule has 0 spiro atoms. The van der Waals surface area contributed by atoms with Gasteiger partial charge in [0.05, 0.1) is 10.5 Å². The fourth-order valence-corrected chi connectivity index (χ4v) is 3.91. The van der Waals surface area contributed by atoms with Crippen LogP contribution in [0.15, 0.2) is 40.5 Å². The fraction of sp³-hybridized carbons (Fsp3) is 0.476. The number of carbonyl (C=O) groups is 2. The molecule has 31 heavy (non-hydrogen) atoms. The first-order chi connectivity index (χ1) is 14.8. The minimum Gasteiger partial charge on any atom is -0.464 e. The Kier molecular flexibility index (Phi) is 9.57. The van der Waals surface area contributed by atoms with Crippen LogP contribution in [-0.2, 0) is 19.1 Å². The molecule has 10 heteroatoms. The number of nitro groups is 1. The van der Waals surface area contributed by atoms with Crippen LogP contribution in [0.4, 0.5) is 5.69 Å². The van der Waals surface area contributed by atoms with E-state index in [0.29, 0.717) is 28.5 Å². The average Bonchev–Trinajstić information content (AvgIpc) is 2.73. The molecule has 1 aromatic carbocycles. The summed E-state index contributed by atoms with van der Waals surface area (Å²) in [6, 6.07) is 5.96. The molecule has 0 saturated heterocycles. The van der Waals surface area contributed by atoms with Crippen LogP contribution < -0.4 is 0 Å². The summed E-state index contributed by atoms with van der Waals surface area (Å²) in [5.41, 5.74) is 1.48. The summed E-state index contributed by atoms with van der Waals surface area (Å²) in [6.07, 6.45) is 3.81. The first kappa shape index (κ1) is 24.9. The van der Waals surface area contributed by atoms with Crippen molar-refractivity contribution in [2.24, 2.45) is 10.9 Å². The maximum Gasteiger partial charge on any atom is 0.336 e. The molecule has 0 radical (unpaired) electrons. The van der Waals surface area contributed by atoms with Crippen LogP contribution in [0.3, 0.4) is 0 Å². The van der Waals surface area contributed by atoms with Gasteiger partial charge >= 0.3 is 11.9 Å². The fourth-order valence-electron chi connectivity index (χ4n) is 3.41. The maximum atomic E-state index is 13.0. The number of hydrogen-bond acceptors (Lipinski definition) is 9. The lowest BCUT2D eigenvalue weighted by Gasteiger charge is -2.31. The molecular weight excluding hydrogens is 440 g/mol. The van der Waals surface area contributed by atoms with Gasteiger partial charge in [-0.05, 0) is 31.9 Å². The van der Waals surface area contributed by atoms with E-state index in [1.165, 1.54) is 30.0 Å². The van der Waals surface area contributed by atoms with Crippen molar-refractivity contribution in [3.05, 3.63) is 51.2 Å². The van der Waals surface area contributed by atoms with Crippen molar-refractivity contribution in [2.75, 3.05) is 37.2 Å². The maximum absolute atomic E-state index is 13.0. The van der Waals surface area contributed by atoms with Crippen molar-refractivity contribution in [1.82, 2.24) is 0 Å². The number of hydrogen-bond donors (Lipinski definition) is 0. The van der Waals surface area contributed by atoms with Crippen LogP contribution in [-0.4, -0.2) is 59.8 Å². The molecule has 168 valence electrons. The van der Waals surface area contributed by atoms with Gasteiger partial charge < -0.3 is 9.47 Å². The van der Waals surface area contributed by atoms with Gasteiger partial charge in [-0.1, -0.05) is 12.1 Å². The molecule has 0 N–H and O–H groups in total. The molecule has 1 unspecified atom stereocenters. The second-order valence-corrected chi connectivity index (χ2v) is 8.82.